The minimum atomic E-state index is -4.68. The molecule has 30 nitrogen and oxygen atoms in total. The lowest BCUT2D eigenvalue weighted by atomic mass is 9.83. The molecular formula is C56H83N4O26S4+. The van der Waals surface area contributed by atoms with Gasteiger partial charge in [0, 0.05) is 74.8 Å². The van der Waals surface area contributed by atoms with Gasteiger partial charge in [-0.1, -0.05) is 38.5 Å². The molecule has 0 saturated carbocycles. The van der Waals surface area contributed by atoms with Gasteiger partial charge in [-0.15, -0.1) is 0 Å². The van der Waals surface area contributed by atoms with Crippen LogP contribution in [0.2, 0.25) is 0 Å². The van der Waals surface area contributed by atoms with E-state index < -0.39 is 144 Å². The molecule has 2 saturated heterocycles. The van der Waals surface area contributed by atoms with Crippen molar-refractivity contribution in [3.63, 3.8) is 0 Å². The molecule has 0 radical (unpaired) electrons. The summed E-state index contributed by atoms with van der Waals surface area (Å²) in [5.41, 5.74) is 1.85. The molecule has 2 fully saturated rings. The Morgan fingerprint density at radius 2 is 1.29 bits per heavy atom. The normalized spacial score (nSPS) is 26.8. The second-order valence-corrected chi connectivity index (χ2v) is 28.7. The van der Waals surface area contributed by atoms with Crippen LogP contribution in [-0.2, 0) is 84.6 Å². The second-order valence-electron chi connectivity index (χ2n) is 22.7. The molecule has 4 heterocycles. The van der Waals surface area contributed by atoms with Crippen molar-refractivity contribution >= 4 is 63.9 Å². The van der Waals surface area contributed by atoms with Crippen LogP contribution in [0.25, 0.3) is 0 Å². The van der Waals surface area contributed by atoms with E-state index >= 15 is 0 Å². The Labute approximate surface area is 523 Å². The van der Waals surface area contributed by atoms with E-state index in [0.29, 0.717) is 53.9 Å². The molecule has 2 aromatic carbocycles. The summed E-state index contributed by atoms with van der Waals surface area (Å²) in [5.74, 6) is -1.30. The Bertz CT molecular complexity index is 3420. The number of carbonyl (C=O) groups excluding carboxylic acids is 2. The molecule has 34 heteroatoms. The van der Waals surface area contributed by atoms with Gasteiger partial charge in [0.1, 0.15) is 49.3 Å². The minimum absolute atomic E-state index is 0.0405. The molecule has 0 aliphatic carbocycles. The van der Waals surface area contributed by atoms with Crippen molar-refractivity contribution in [3.05, 3.63) is 89.2 Å². The van der Waals surface area contributed by atoms with E-state index in [-0.39, 0.29) is 87.1 Å². The number of aliphatic hydroxyl groups is 6. The number of hydrogen-bond acceptors (Lipinski definition) is 23. The summed E-state index contributed by atoms with van der Waals surface area (Å²) in [4.78, 5) is 26.3. The average molecular weight is 1360 g/mol. The van der Waals surface area contributed by atoms with Crippen LogP contribution in [0.5, 0.6) is 0 Å². The van der Waals surface area contributed by atoms with Crippen molar-refractivity contribution in [1.82, 2.24) is 10.6 Å². The van der Waals surface area contributed by atoms with Crippen molar-refractivity contribution in [2.45, 2.75) is 161 Å². The molecule has 6 rings (SSSR count). The van der Waals surface area contributed by atoms with E-state index in [4.69, 9.17) is 28.4 Å². The van der Waals surface area contributed by atoms with Gasteiger partial charge in [-0.2, -0.15) is 33.7 Å². The van der Waals surface area contributed by atoms with Gasteiger partial charge in [-0.3, -0.25) is 23.0 Å². The molecule has 0 aromatic heterocycles. The number of fused-ring (bicyclic) bond motifs is 2. The van der Waals surface area contributed by atoms with Crippen molar-refractivity contribution in [2.75, 3.05) is 76.1 Å². The van der Waals surface area contributed by atoms with Crippen molar-refractivity contribution in [1.29, 1.82) is 0 Å². The van der Waals surface area contributed by atoms with E-state index in [1.54, 1.807) is 37.3 Å². The van der Waals surface area contributed by atoms with E-state index in [2.05, 4.69) is 10.6 Å². The molecule has 11 atom stereocenters. The quantitative estimate of drug-likeness (QED) is 0.0199. The number of carbonyl (C=O) groups is 2. The number of unbranched alkanes of at least 4 members (excludes halogenated alkanes) is 4. The van der Waals surface area contributed by atoms with Crippen LogP contribution in [0.4, 0.5) is 10.5 Å². The summed E-state index contributed by atoms with van der Waals surface area (Å²) in [7, 11) is -16.6. The van der Waals surface area contributed by atoms with Crippen molar-refractivity contribution in [3.8, 4) is 0 Å². The van der Waals surface area contributed by atoms with E-state index in [1.165, 1.54) is 37.4 Å². The van der Waals surface area contributed by atoms with Crippen LogP contribution in [-0.4, -0.2) is 237 Å². The predicted octanol–water partition coefficient (Wildman–Crippen LogP) is 0.428. The van der Waals surface area contributed by atoms with Gasteiger partial charge in [-0.25, -0.2) is 9.37 Å². The summed E-state index contributed by atoms with van der Waals surface area (Å²) < 4.78 is 170. The molecule has 4 aliphatic heterocycles. The first-order valence-corrected chi connectivity index (χ1v) is 35.1. The molecule has 1 unspecified atom stereocenters. The Balaban J connectivity index is 1.07. The van der Waals surface area contributed by atoms with Gasteiger partial charge >= 0.3 is 6.09 Å². The monoisotopic (exact) mass is 1360 g/mol. The molecule has 2 amide bonds. The fourth-order valence-corrected chi connectivity index (χ4v) is 13.5. The van der Waals surface area contributed by atoms with Gasteiger partial charge in [0.2, 0.25) is 11.6 Å². The Kier molecular flexibility index (Phi) is 26.2. The van der Waals surface area contributed by atoms with E-state index in [9.17, 15) is 92.1 Å². The first-order valence-electron chi connectivity index (χ1n) is 29.0. The molecule has 506 valence electrons. The average Bonchev–Trinajstić information content (AvgIpc) is 1.58. The van der Waals surface area contributed by atoms with E-state index in [0.717, 1.165) is 5.70 Å². The van der Waals surface area contributed by atoms with Crippen molar-refractivity contribution < 1.29 is 125 Å². The van der Waals surface area contributed by atoms with Gasteiger partial charge in [0.25, 0.3) is 40.5 Å². The predicted molar refractivity (Wildman–Crippen MR) is 320 cm³/mol. The third-order valence-electron chi connectivity index (χ3n) is 16.0. The zero-order valence-electron chi connectivity index (χ0n) is 50.1. The molecule has 0 spiro atoms. The maximum atomic E-state index is 12.9. The zero-order valence-corrected chi connectivity index (χ0v) is 53.4. The van der Waals surface area contributed by atoms with Crippen LogP contribution < -0.4 is 15.5 Å². The lowest BCUT2D eigenvalue weighted by molar-refractivity contribution is -0.610. The number of amides is 2. The highest BCUT2D eigenvalue weighted by atomic mass is 32.2. The standard InChI is InChI=1S/C56H82N4O26S4/c1-55(2)39-32-36(90(78,79)80)19-21-41(39)59(44(55)16-8-5-7-15-40-37-20-18-35(89(75,76)77)31-38(37)56(3,22-10-13-29-87(69,70)71)60(40)25-12-14-30-88(72,73)74)24-11-6-9-17-45(63)58-23-26-81-27-28-82-52-50(48(66)46(64)42(33-61)83-52)85-53-51(86-54(68)57-4)49(67)47(65)43(34-62)84-53/h5,7-8,15-16,18-21,31-32,42-43,46-53,61-62,64-67H,6,9-14,17,22-30,33-34H2,1-4H3,(H5-,57,58,63,68,69,70,71,72,73,74,75,76,77,78,79,80)/p+1/t42-,43+,46+,47+,48-,49-,50-,51-,52-,53+,56?/m0/s1. The van der Waals surface area contributed by atoms with Crippen LogP contribution in [0.1, 0.15) is 95.2 Å². The molecule has 4 aliphatic rings. The Morgan fingerprint density at radius 3 is 1.90 bits per heavy atom. The molecular weight excluding hydrogens is 1270 g/mol. The first kappa shape index (κ1) is 74.1. The summed E-state index contributed by atoms with van der Waals surface area (Å²) in [6, 6.07) is 8.43. The SMILES string of the molecule is CNC(=O)O[C@@H]1[C@@H](O[C@@H]2[C@@H](OCCOCCNC(=O)CCCCCN3\C(=C/C=C/C=C/C4=[N+](CCCCS(=O)(=O)O)C(C)(CCCCS(=O)(=O)O)c5cc(S(=O)(=O)O)ccc54)C(C)(C)c4cc(S(=O)(=O)O)ccc43)O[C@@H](CO)[C@@H](O)[C@@H]2O)O[C@H](CO)[C@@H](O)[C@@H]1O. The molecule has 0 bridgehead atoms. The molecule has 2 aromatic rings. The summed E-state index contributed by atoms with van der Waals surface area (Å²) in [6.07, 6.45) is -5.95. The number of rotatable bonds is 33. The Morgan fingerprint density at radius 1 is 0.689 bits per heavy atom. The second kappa shape index (κ2) is 31.8. The summed E-state index contributed by atoms with van der Waals surface area (Å²) >= 11 is 0. The third-order valence-corrected chi connectivity index (χ3v) is 19.3. The lowest BCUT2D eigenvalue weighted by Crippen LogP contribution is -2.65. The van der Waals surface area contributed by atoms with Gasteiger partial charge in [0.15, 0.2) is 24.2 Å². The van der Waals surface area contributed by atoms with Gasteiger partial charge in [-0.05, 0) is 80.1 Å². The number of ether oxygens (including phenoxy) is 6. The molecule has 90 heavy (non-hydrogen) atoms. The number of nitrogens with zero attached hydrogens (tertiary/aromatic N) is 2. The third kappa shape index (κ3) is 19.3. The highest BCUT2D eigenvalue weighted by Crippen LogP contribution is 2.49. The van der Waals surface area contributed by atoms with E-state index in [1.807, 2.05) is 29.4 Å². The number of hydrogen-bond donors (Lipinski definition) is 12. The summed E-state index contributed by atoms with van der Waals surface area (Å²) in [6.45, 7) is 4.55. The highest BCUT2D eigenvalue weighted by Gasteiger charge is 2.53. The summed E-state index contributed by atoms with van der Waals surface area (Å²) in [5, 5.41) is 67.3. The molecule has 12 N–H and O–H groups in total. The Hall–Kier alpha value is -4.93. The number of alkyl carbamates (subject to hydrolysis) is 1. The van der Waals surface area contributed by atoms with Crippen LogP contribution in [0.3, 0.4) is 0 Å². The number of allylic oxidation sites excluding steroid dienone is 6. The van der Waals surface area contributed by atoms with Crippen molar-refractivity contribution in [2.24, 2.45) is 0 Å². The fraction of sp³-hybridized carbons (Fsp3) is 0.625. The van der Waals surface area contributed by atoms with Gasteiger partial charge < -0.3 is 74.6 Å². The topological polar surface area (TPSA) is 459 Å². The van der Waals surface area contributed by atoms with Crippen LogP contribution in [0, 0.1) is 0 Å². The first-order chi connectivity index (χ1) is 42.2. The highest BCUT2D eigenvalue weighted by molar-refractivity contribution is 7.86. The maximum Gasteiger partial charge on any atom is 0.407 e. The zero-order chi connectivity index (χ0) is 66.6. The largest absolute Gasteiger partial charge is 0.438 e. The minimum Gasteiger partial charge on any atom is -0.438 e. The lowest BCUT2D eigenvalue weighted by Gasteiger charge is -2.46. The fourth-order valence-electron chi connectivity index (χ4n) is 11.3. The number of anilines is 1. The maximum absolute atomic E-state index is 12.9. The number of aliphatic hydroxyl groups excluding tert-OH is 6. The number of benzene rings is 2. The smallest absolute Gasteiger partial charge is 0.407 e. The van der Waals surface area contributed by atoms with Gasteiger partial charge in [0.05, 0.1) is 59.9 Å². The van der Waals surface area contributed by atoms with Crippen LogP contribution in [0.15, 0.2) is 82.3 Å². The van der Waals surface area contributed by atoms with Crippen LogP contribution >= 0.6 is 0 Å². The number of nitrogens with one attached hydrogen (secondary N) is 2.